The summed E-state index contributed by atoms with van der Waals surface area (Å²) in [6.07, 6.45) is 0. The van der Waals surface area contributed by atoms with Gasteiger partial charge < -0.3 is 14.8 Å². The molecule has 2 aromatic rings. The van der Waals surface area contributed by atoms with Crippen LogP contribution >= 0.6 is 0 Å². The lowest BCUT2D eigenvalue weighted by molar-refractivity contribution is -0.119. The molecule has 144 valence electrons. The van der Waals surface area contributed by atoms with Gasteiger partial charge in [0.15, 0.2) is 29.9 Å². The van der Waals surface area contributed by atoms with Crippen molar-refractivity contribution in [3.05, 3.63) is 58.9 Å². The summed E-state index contributed by atoms with van der Waals surface area (Å²) in [6.45, 7) is 0.906. The molecule has 27 heavy (non-hydrogen) atoms. The fourth-order valence-electron chi connectivity index (χ4n) is 2.02. The predicted molar refractivity (Wildman–Crippen MR) is 82.8 cm³/mol. The van der Waals surface area contributed by atoms with E-state index in [9.17, 15) is 31.5 Å². The second-order valence-corrected chi connectivity index (χ2v) is 5.00. The number of amides is 1. The van der Waals surface area contributed by atoms with E-state index in [0.29, 0.717) is 0 Å². The van der Waals surface area contributed by atoms with Gasteiger partial charge in [-0.2, -0.15) is 0 Å². The van der Waals surface area contributed by atoms with Gasteiger partial charge in [-0.25, -0.2) is 26.7 Å². The second kappa shape index (κ2) is 8.47. The number of hydrogen-bond acceptors (Lipinski definition) is 4. The predicted octanol–water partition coefficient (Wildman–Crippen LogP) is 3.58. The molecule has 0 saturated heterocycles. The highest BCUT2D eigenvalue weighted by atomic mass is 19.2. The lowest BCUT2D eigenvalue weighted by atomic mass is 10.2. The monoisotopic (exact) mass is 389 g/mol. The average Bonchev–Trinajstić information content (AvgIpc) is 2.67. The molecule has 0 atom stereocenters. The molecule has 2 aromatic carbocycles. The molecule has 0 aliphatic heterocycles. The van der Waals surface area contributed by atoms with Crippen molar-refractivity contribution >= 4 is 17.6 Å². The van der Waals surface area contributed by atoms with E-state index in [0.717, 1.165) is 0 Å². The van der Waals surface area contributed by atoms with Gasteiger partial charge in [0.25, 0.3) is 5.91 Å². The van der Waals surface area contributed by atoms with E-state index < -0.39 is 53.3 Å². The van der Waals surface area contributed by atoms with Crippen molar-refractivity contribution in [2.45, 2.75) is 6.92 Å². The Labute approximate surface area is 149 Å². The summed E-state index contributed by atoms with van der Waals surface area (Å²) in [4.78, 5) is 23.7. The van der Waals surface area contributed by atoms with Crippen LogP contribution in [0.5, 0.6) is 5.75 Å². The molecular weight excluding hydrogens is 377 g/mol. The zero-order valence-corrected chi connectivity index (χ0v) is 13.7. The number of rotatable bonds is 6. The van der Waals surface area contributed by atoms with Crippen LogP contribution in [0, 0.1) is 29.1 Å². The molecule has 5 nitrogen and oxygen atoms in total. The molecule has 0 saturated carbocycles. The van der Waals surface area contributed by atoms with E-state index in [2.05, 4.69) is 4.74 Å². The highest BCUT2D eigenvalue weighted by Crippen LogP contribution is 2.27. The van der Waals surface area contributed by atoms with Gasteiger partial charge in [-0.1, -0.05) is 12.1 Å². The number of esters is 1. The summed E-state index contributed by atoms with van der Waals surface area (Å²) in [5.74, 6) is -13.3. The first-order chi connectivity index (χ1) is 12.8. The van der Waals surface area contributed by atoms with Gasteiger partial charge in [-0.05, 0) is 19.1 Å². The molecule has 2 rings (SSSR count). The summed E-state index contributed by atoms with van der Waals surface area (Å²) >= 11 is 0. The highest BCUT2D eigenvalue weighted by Gasteiger charge is 2.27. The van der Waals surface area contributed by atoms with Crippen LogP contribution in [0.2, 0.25) is 0 Å². The fourth-order valence-corrected chi connectivity index (χ4v) is 2.02. The first kappa shape index (κ1) is 20.1. The number of ether oxygens (including phenoxy) is 2. The van der Waals surface area contributed by atoms with Gasteiger partial charge in [-0.3, -0.25) is 4.79 Å². The summed E-state index contributed by atoms with van der Waals surface area (Å²) in [5, 5.41) is 1.49. The maximum atomic E-state index is 13.5. The molecule has 10 heteroatoms. The van der Waals surface area contributed by atoms with Crippen LogP contribution < -0.4 is 10.1 Å². The van der Waals surface area contributed by atoms with Gasteiger partial charge in [0.05, 0.1) is 6.61 Å². The zero-order chi connectivity index (χ0) is 20.1. The summed E-state index contributed by atoms with van der Waals surface area (Å²) < 4.78 is 76.0. The maximum Gasteiger partial charge on any atom is 0.342 e. The Morgan fingerprint density at radius 1 is 0.926 bits per heavy atom. The molecule has 0 radical (unpaired) electrons. The smallest absolute Gasteiger partial charge is 0.342 e. The average molecular weight is 389 g/mol. The van der Waals surface area contributed by atoms with Gasteiger partial charge in [0.1, 0.15) is 17.0 Å². The normalized spacial score (nSPS) is 10.4. The van der Waals surface area contributed by atoms with Gasteiger partial charge in [-0.15, -0.1) is 0 Å². The van der Waals surface area contributed by atoms with E-state index in [1.807, 2.05) is 0 Å². The van der Waals surface area contributed by atoms with E-state index in [4.69, 9.17) is 4.74 Å². The molecule has 0 heterocycles. The van der Waals surface area contributed by atoms with Crippen molar-refractivity contribution in [1.82, 2.24) is 0 Å². The molecule has 0 aromatic heterocycles. The van der Waals surface area contributed by atoms with Crippen LogP contribution in [-0.4, -0.2) is 25.1 Å². The van der Waals surface area contributed by atoms with E-state index >= 15 is 0 Å². The van der Waals surface area contributed by atoms with Crippen LogP contribution in [0.3, 0.4) is 0 Å². The molecule has 0 bridgehead atoms. The van der Waals surface area contributed by atoms with Gasteiger partial charge in [0, 0.05) is 0 Å². The first-order valence-corrected chi connectivity index (χ1v) is 7.48. The molecule has 0 aliphatic rings. The third-order valence-corrected chi connectivity index (χ3v) is 3.22. The minimum Gasteiger partial charge on any atom is -0.493 e. The SMILES string of the molecule is CCOc1ccccc1C(=O)OCC(=O)Nc1c(F)c(F)c(F)c(F)c1F. The summed E-state index contributed by atoms with van der Waals surface area (Å²) in [7, 11) is 0. The Morgan fingerprint density at radius 3 is 2.07 bits per heavy atom. The van der Waals surface area contributed by atoms with Crippen LogP contribution in [-0.2, 0) is 9.53 Å². The second-order valence-electron chi connectivity index (χ2n) is 5.00. The number of hydrogen-bond donors (Lipinski definition) is 1. The van der Waals surface area contributed by atoms with Crippen LogP contribution in [0.15, 0.2) is 24.3 Å². The quantitative estimate of drug-likeness (QED) is 0.355. The zero-order valence-electron chi connectivity index (χ0n) is 13.7. The minimum atomic E-state index is -2.36. The molecule has 1 N–H and O–H groups in total. The van der Waals surface area contributed by atoms with Crippen molar-refractivity contribution < 1.29 is 41.0 Å². The van der Waals surface area contributed by atoms with Gasteiger partial charge >= 0.3 is 5.97 Å². The van der Waals surface area contributed by atoms with Crippen molar-refractivity contribution in [3.63, 3.8) is 0 Å². The van der Waals surface area contributed by atoms with Crippen LogP contribution in [0.4, 0.5) is 27.6 Å². The maximum absolute atomic E-state index is 13.5. The molecule has 0 spiro atoms. The minimum absolute atomic E-state index is 0.0108. The van der Waals surface area contributed by atoms with Crippen molar-refractivity contribution in [2.24, 2.45) is 0 Å². The number of carbonyl (C=O) groups is 2. The Bertz CT molecular complexity index is 859. The Hall–Kier alpha value is -3.17. The number of halogens is 5. The fraction of sp³-hybridized carbons (Fsp3) is 0.176. The van der Waals surface area contributed by atoms with Gasteiger partial charge in [0.2, 0.25) is 5.82 Å². The molecule has 0 aliphatic carbocycles. The number of carbonyl (C=O) groups excluding carboxylic acids is 2. The third kappa shape index (κ3) is 4.33. The summed E-state index contributed by atoms with van der Waals surface area (Å²) in [6, 6.07) is 5.94. The van der Waals surface area contributed by atoms with Crippen molar-refractivity contribution in [3.8, 4) is 5.75 Å². The molecule has 1 amide bonds. The first-order valence-electron chi connectivity index (χ1n) is 7.48. The standard InChI is InChI=1S/C17H12F5NO4/c1-2-26-9-6-4-3-5-8(9)17(25)27-7-10(24)23-16-14(21)12(19)11(18)13(20)15(16)22/h3-6H,2,7H2,1H3,(H,23,24). The third-order valence-electron chi connectivity index (χ3n) is 3.22. The number of anilines is 1. The Kier molecular flexibility index (Phi) is 6.32. The molecule has 0 unspecified atom stereocenters. The number of benzene rings is 2. The summed E-state index contributed by atoms with van der Waals surface area (Å²) in [5.41, 5.74) is -1.55. The molecule has 0 fully saturated rings. The largest absolute Gasteiger partial charge is 0.493 e. The van der Waals surface area contributed by atoms with Crippen LogP contribution in [0.1, 0.15) is 17.3 Å². The van der Waals surface area contributed by atoms with Crippen LogP contribution in [0.25, 0.3) is 0 Å². The molecular formula is C17H12F5NO4. The Balaban J connectivity index is 2.09. The number of para-hydroxylation sites is 1. The lowest BCUT2D eigenvalue weighted by Crippen LogP contribution is -2.23. The topological polar surface area (TPSA) is 64.6 Å². The van der Waals surface area contributed by atoms with E-state index in [1.165, 1.54) is 23.5 Å². The number of nitrogens with one attached hydrogen (secondary N) is 1. The van der Waals surface area contributed by atoms with Crippen molar-refractivity contribution in [1.29, 1.82) is 0 Å². The Morgan fingerprint density at radius 2 is 1.48 bits per heavy atom. The lowest BCUT2D eigenvalue weighted by Gasteiger charge is -2.11. The van der Waals surface area contributed by atoms with E-state index in [1.54, 1.807) is 13.0 Å². The highest BCUT2D eigenvalue weighted by molar-refractivity contribution is 5.96. The van der Waals surface area contributed by atoms with E-state index in [-0.39, 0.29) is 17.9 Å². The van der Waals surface area contributed by atoms with Crippen molar-refractivity contribution in [2.75, 3.05) is 18.5 Å².